The number of hydrogen-bond donors (Lipinski definition) is 4. The average molecular weight is 459 g/mol. The summed E-state index contributed by atoms with van der Waals surface area (Å²) in [6, 6.07) is 4.21. The first-order valence-corrected chi connectivity index (χ1v) is 10.9. The van der Waals surface area contributed by atoms with Crippen LogP contribution in [0.5, 0.6) is 5.75 Å². The fourth-order valence-electron chi connectivity index (χ4n) is 3.92. The smallest absolute Gasteiger partial charge is 0.328 e. The quantitative estimate of drug-likeness (QED) is 0.476. The number of morpholine rings is 1. The summed E-state index contributed by atoms with van der Waals surface area (Å²) in [5, 5.41) is 20.0. The van der Waals surface area contributed by atoms with E-state index >= 15 is 0 Å². The highest BCUT2D eigenvalue weighted by atomic mass is 16.5. The minimum Gasteiger partial charge on any atom is -0.493 e. The van der Waals surface area contributed by atoms with Gasteiger partial charge >= 0.3 is 11.9 Å². The van der Waals surface area contributed by atoms with Gasteiger partial charge in [-0.25, -0.2) is 9.59 Å². The number of nitrogens with zero attached hydrogens (tertiary/aromatic N) is 1. The van der Waals surface area contributed by atoms with E-state index in [1.165, 1.54) is 0 Å². The van der Waals surface area contributed by atoms with Gasteiger partial charge in [0.1, 0.15) is 5.75 Å². The van der Waals surface area contributed by atoms with Gasteiger partial charge in [-0.15, -0.1) is 0 Å². The molecule has 0 radical (unpaired) electrons. The van der Waals surface area contributed by atoms with Crippen LogP contribution in [0.2, 0.25) is 0 Å². The van der Waals surface area contributed by atoms with Gasteiger partial charge in [0, 0.05) is 43.9 Å². The third kappa shape index (κ3) is 6.56. The van der Waals surface area contributed by atoms with Gasteiger partial charge in [-0.05, 0) is 37.5 Å². The van der Waals surface area contributed by atoms with Gasteiger partial charge in [-0.2, -0.15) is 0 Å². The van der Waals surface area contributed by atoms with Crippen molar-refractivity contribution in [2.45, 2.75) is 26.3 Å². The van der Waals surface area contributed by atoms with Crippen molar-refractivity contribution in [2.24, 2.45) is 0 Å². The van der Waals surface area contributed by atoms with E-state index in [1.807, 2.05) is 6.92 Å². The second-order valence-electron chi connectivity index (χ2n) is 7.69. The van der Waals surface area contributed by atoms with Crippen LogP contribution in [0, 0.1) is 0 Å². The lowest BCUT2D eigenvalue weighted by Gasteiger charge is -2.27. The van der Waals surface area contributed by atoms with Gasteiger partial charge in [-0.1, -0.05) is 0 Å². The lowest BCUT2D eigenvalue weighted by Crippen LogP contribution is -2.35. The number of carbonyl (C=O) groups is 2. The zero-order valence-electron chi connectivity index (χ0n) is 18.6. The van der Waals surface area contributed by atoms with Crippen LogP contribution >= 0.6 is 0 Å². The van der Waals surface area contributed by atoms with Gasteiger partial charge in [0.15, 0.2) is 0 Å². The van der Waals surface area contributed by atoms with E-state index in [-0.39, 0.29) is 5.56 Å². The number of pyridine rings is 1. The molecule has 33 heavy (non-hydrogen) atoms. The van der Waals surface area contributed by atoms with E-state index in [2.05, 4.69) is 27.3 Å². The number of rotatable bonds is 6. The highest BCUT2D eigenvalue weighted by Gasteiger charge is 2.20. The highest BCUT2D eigenvalue weighted by molar-refractivity contribution is 5.98. The number of ether oxygens (including phenoxy) is 2. The lowest BCUT2D eigenvalue weighted by atomic mass is 9.99. The van der Waals surface area contributed by atoms with Crippen LogP contribution in [0.3, 0.4) is 0 Å². The van der Waals surface area contributed by atoms with Crippen LogP contribution in [0.15, 0.2) is 29.1 Å². The summed E-state index contributed by atoms with van der Waals surface area (Å²) in [5.74, 6) is -1.66. The molecule has 178 valence electrons. The Morgan fingerprint density at radius 3 is 2.52 bits per heavy atom. The maximum Gasteiger partial charge on any atom is 0.328 e. The summed E-state index contributed by atoms with van der Waals surface area (Å²) in [7, 11) is 0. The molecule has 2 aliphatic heterocycles. The first-order valence-electron chi connectivity index (χ1n) is 10.9. The Bertz CT molecular complexity index is 1070. The normalized spacial score (nSPS) is 15.9. The van der Waals surface area contributed by atoms with E-state index < -0.39 is 11.9 Å². The molecule has 0 saturated carbocycles. The lowest BCUT2D eigenvalue weighted by molar-refractivity contribution is -0.134. The standard InChI is InChI=1S/C19H25N3O3.C4H4O4/c1-2-25-16-11-13(12-22-6-8-24-9-7-22)10-15-17(16)18-14(19(23)21-15)4-3-5-20-18;5-3(6)1-2-4(7)8/h10-11,20H,2-9,12H2,1H3,(H,21,23);1-2H,(H,5,6)(H,7,8)/b;2-1+. The molecule has 0 amide bonds. The topological polar surface area (TPSA) is 141 Å². The van der Waals surface area contributed by atoms with Crippen molar-refractivity contribution in [1.29, 1.82) is 0 Å². The number of anilines is 1. The van der Waals surface area contributed by atoms with Gasteiger partial charge in [0.25, 0.3) is 5.56 Å². The number of carboxylic acid groups (broad SMARTS) is 2. The molecule has 1 aromatic carbocycles. The Morgan fingerprint density at radius 2 is 1.88 bits per heavy atom. The molecule has 4 N–H and O–H groups in total. The van der Waals surface area contributed by atoms with Crippen LogP contribution in [0.1, 0.15) is 24.5 Å². The molecule has 2 aromatic rings. The van der Waals surface area contributed by atoms with Crippen molar-refractivity contribution in [3.05, 3.63) is 45.8 Å². The molecule has 2 aliphatic rings. The fourth-order valence-corrected chi connectivity index (χ4v) is 3.92. The molecule has 0 bridgehead atoms. The van der Waals surface area contributed by atoms with Crippen LogP contribution in [0.25, 0.3) is 10.9 Å². The van der Waals surface area contributed by atoms with Crippen molar-refractivity contribution < 1.29 is 29.3 Å². The summed E-state index contributed by atoms with van der Waals surface area (Å²) >= 11 is 0. The molecule has 1 saturated heterocycles. The van der Waals surface area contributed by atoms with E-state index in [0.29, 0.717) is 18.8 Å². The maximum atomic E-state index is 12.5. The molecular formula is C23H29N3O7. The van der Waals surface area contributed by atoms with Crippen molar-refractivity contribution in [2.75, 3.05) is 44.8 Å². The zero-order chi connectivity index (χ0) is 23.8. The van der Waals surface area contributed by atoms with Gasteiger partial charge < -0.3 is 30.0 Å². The van der Waals surface area contributed by atoms with Crippen LogP contribution < -0.4 is 15.6 Å². The number of H-pyrrole nitrogens is 1. The monoisotopic (exact) mass is 459 g/mol. The van der Waals surface area contributed by atoms with E-state index in [4.69, 9.17) is 19.7 Å². The molecule has 0 atom stereocenters. The van der Waals surface area contributed by atoms with Crippen molar-refractivity contribution in [3.63, 3.8) is 0 Å². The summed E-state index contributed by atoms with van der Waals surface area (Å²) in [6.07, 6.45) is 2.92. The fraction of sp³-hybridized carbons (Fsp3) is 0.435. The molecule has 3 heterocycles. The minimum absolute atomic E-state index is 0.0145. The van der Waals surface area contributed by atoms with Crippen molar-refractivity contribution in [3.8, 4) is 5.75 Å². The molecule has 10 nitrogen and oxygen atoms in total. The number of aromatic nitrogens is 1. The van der Waals surface area contributed by atoms with Gasteiger partial charge in [0.05, 0.1) is 36.4 Å². The molecule has 1 aromatic heterocycles. The largest absolute Gasteiger partial charge is 0.493 e. The molecule has 4 rings (SSSR count). The number of nitrogens with one attached hydrogen (secondary N) is 2. The Balaban J connectivity index is 0.000000331. The Labute approximate surface area is 190 Å². The number of carboxylic acids is 2. The molecule has 10 heteroatoms. The highest BCUT2D eigenvalue weighted by Crippen LogP contribution is 2.36. The first-order chi connectivity index (χ1) is 15.9. The number of aliphatic carboxylic acids is 2. The minimum atomic E-state index is -1.26. The number of hydrogen-bond acceptors (Lipinski definition) is 7. The summed E-state index contributed by atoms with van der Waals surface area (Å²) in [4.78, 5) is 37.0. The second-order valence-corrected chi connectivity index (χ2v) is 7.69. The number of fused-ring (bicyclic) bond motifs is 3. The Hall–Kier alpha value is -3.37. The molecule has 0 aliphatic carbocycles. The van der Waals surface area contributed by atoms with Gasteiger partial charge in [-0.3, -0.25) is 9.69 Å². The summed E-state index contributed by atoms with van der Waals surface area (Å²) in [6.45, 7) is 7.75. The Morgan fingerprint density at radius 1 is 1.18 bits per heavy atom. The number of aromatic amines is 1. The predicted molar refractivity (Wildman–Crippen MR) is 123 cm³/mol. The summed E-state index contributed by atoms with van der Waals surface area (Å²) in [5.41, 5.74) is 3.82. The zero-order valence-corrected chi connectivity index (χ0v) is 18.6. The van der Waals surface area contributed by atoms with E-state index in [9.17, 15) is 14.4 Å². The summed E-state index contributed by atoms with van der Waals surface area (Å²) < 4.78 is 11.4. The third-order valence-corrected chi connectivity index (χ3v) is 5.32. The van der Waals surface area contributed by atoms with E-state index in [1.54, 1.807) is 0 Å². The van der Waals surface area contributed by atoms with Crippen LogP contribution in [0.4, 0.5) is 5.69 Å². The van der Waals surface area contributed by atoms with Crippen LogP contribution in [-0.2, 0) is 27.3 Å². The number of benzene rings is 1. The molecule has 0 unspecified atom stereocenters. The SMILES string of the molecule is CCOc1cc(CN2CCOCC2)cc2[nH]c(=O)c3c(c12)NCCC3.O=C(O)/C=C/C(=O)O. The predicted octanol–water partition coefficient (Wildman–Crippen LogP) is 1.83. The van der Waals surface area contributed by atoms with Crippen molar-refractivity contribution in [1.82, 2.24) is 9.88 Å². The van der Waals surface area contributed by atoms with Crippen LogP contribution in [-0.4, -0.2) is 71.5 Å². The molecular weight excluding hydrogens is 430 g/mol. The van der Waals surface area contributed by atoms with Crippen molar-refractivity contribution >= 4 is 28.5 Å². The first kappa shape index (κ1) is 24.3. The van der Waals surface area contributed by atoms with Gasteiger partial charge in [0.2, 0.25) is 0 Å². The second kappa shape index (κ2) is 11.5. The molecule has 1 fully saturated rings. The Kier molecular flexibility index (Phi) is 8.45. The average Bonchev–Trinajstić information content (AvgIpc) is 2.79. The van der Waals surface area contributed by atoms with E-state index in [0.717, 1.165) is 85.7 Å². The maximum absolute atomic E-state index is 12.5. The molecule has 0 spiro atoms. The third-order valence-electron chi connectivity index (χ3n) is 5.32.